The number of ether oxygens (including phenoxy) is 2. The van der Waals surface area contributed by atoms with Crippen LogP contribution in [0.15, 0.2) is 183 Å². The summed E-state index contributed by atoms with van der Waals surface area (Å²) in [5.74, 6) is -4.01. The van der Waals surface area contributed by atoms with E-state index < -0.39 is 105 Å². The van der Waals surface area contributed by atoms with Crippen molar-refractivity contribution in [3.05, 3.63) is 261 Å². The second-order valence-electron chi connectivity index (χ2n) is 26.3. The monoisotopic (exact) mass is 1650 g/mol. The van der Waals surface area contributed by atoms with E-state index in [1.807, 2.05) is 42.2 Å². The number of halogens is 12. The highest BCUT2D eigenvalue weighted by Crippen LogP contribution is 2.39. The van der Waals surface area contributed by atoms with E-state index in [9.17, 15) is 77.0 Å². The molecule has 0 radical (unpaired) electrons. The van der Waals surface area contributed by atoms with Gasteiger partial charge in [-0.1, -0.05) is 67.6 Å². The second kappa shape index (κ2) is 39.1. The zero-order chi connectivity index (χ0) is 84.2. The number of hydrogen-bond donors (Lipinski definition) is 10. The molecule has 2 aliphatic heterocycles. The zero-order valence-electron chi connectivity index (χ0n) is 62.0. The maximum atomic E-state index is 13.5. The van der Waals surface area contributed by atoms with E-state index in [4.69, 9.17) is 43.9 Å². The fourth-order valence-electron chi connectivity index (χ4n) is 12.1. The smallest absolute Gasteiger partial charge is 0.418 e. The highest BCUT2D eigenvalue weighted by atomic mass is 19.4. The Morgan fingerprint density at radius 2 is 0.957 bits per heavy atom. The summed E-state index contributed by atoms with van der Waals surface area (Å²) in [6.45, 7) is 7.53. The highest BCUT2D eigenvalue weighted by Gasteiger charge is 2.42. The van der Waals surface area contributed by atoms with Crippen LogP contribution in [0.2, 0.25) is 0 Å². The molecule has 0 spiro atoms. The molecule has 0 aliphatic carbocycles. The number of carbonyl (C=O) groups excluding carboxylic acids is 4. The maximum Gasteiger partial charge on any atom is 0.418 e. The average molecular weight is 1650 g/mol. The Morgan fingerprint density at radius 1 is 0.552 bits per heavy atom. The Morgan fingerprint density at radius 3 is 1.39 bits per heavy atom. The summed E-state index contributed by atoms with van der Waals surface area (Å²) in [7, 11) is 0. The molecule has 4 unspecified atom stereocenters. The Kier molecular flexibility index (Phi) is 29.6. The van der Waals surface area contributed by atoms with E-state index in [1.165, 1.54) is 85.5 Å². The Labute approximate surface area is 678 Å². The van der Waals surface area contributed by atoms with Crippen molar-refractivity contribution in [2.24, 2.45) is 17.4 Å². The molecule has 0 amide bonds. The van der Waals surface area contributed by atoms with Crippen LogP contribution in [0, 0.1) is 5.92 Å². The van der Waals surface area contributed by atoms with Gasteiger partial charge in [-0.15, -0.1) is 0 Å². The van der Waals surface area contributed by atoms with E-state index in [1.54, 1.807) is 37.3 Å². The van der Waals surface area contributed by atoms with Crippen molar-refractivity contribution >= 4 is 63.9 Å². The molecule has 642 valence electrons. The number of nitrogens with two attached hydrogens (primary N) is 6. The standard InChI is InChI=1S/C21H20F3N5O.C21H19F3N4O2.C19H21F3N4O3.C18H20F3N5O.15H2/c22-21(23,24)16-8-9-17(28-12-14(11-25)13-5-2-1-3-6-13)29-18(16)19(30)15-7-4-10-27-20(15)26;1-12(18(29)13-6-3-2-4-7-13)27-16-10-9-15(21(22,23)24)17(28-16)19(30)14-8-5-11-26-20(14)25;20-19(21,22)13-3-4-15(29-10-14(23)11-5-8-28-9-6-11)26-16(13)17(27)12-2-1-7-25-18(12)24;1-2-11-10-26(9-8-23-11)14-6-5-13(18(19,20)21)15(25-14)16(27)12-4-3-7-24-17(12)22;;;;;;;;;;;;;;;/h1-10,14H,11-12,25H2,(H2,26,27)(H,28,29);2-12,18,29H,1H3,(H2,25,26)(H,27,28);1-4,7,11,14H,5-6,8-10,23H2,(H2,24,25);3-7,11,23H,2,8-10H2,1H3,(H2,22,24);15*1H/t;12?,18-;;;;;;;;;;;;;;;;;/m.1................./s1. The summed E-state index contributed by atoms with van der Waals surface area (Å²) in [4.78, 5) is 83.7. The van der Waals surface area contributed by atoms with Crippen LogP contribution >= 0.6 is 0 Å². The van der Waals surface area contributed by atoms with Gasteiger partial charge in [0.25, 0.3) is 0 Å². The first-order valence-corrected chi connectivity index (χ1v) is 35.8. The van der Waals surface area contributed by atoms with Gasteiger partial charge in [0.05, 0.1) is 56.7 Å². The van der Waals surface area contributed by atoms with E-state index >= 15 is 0 Å². The van der Waals surface area contributed by atoms with Gasteiger partial charge in [-0.05, 0) is 134 Å². The molecule has 37 heteroatoms. The number of nitrogens with zero attached hydrogens (tertiary/aromatic N) is 9. The second-order valence-corrected chi connectivity index (χ2v) is 26.3. The van der Waals surface area contributed by atoms with Crippen molar-refractivity contribution in [3.8, 4) is 5.88 Å². The minimum Gasteiger partial charge on any atom is -0.476 e. The van der Waals surface area contributed by atoms with Crippen LogP contribution in [0.25, 0.3) is 0 Å². The first kappa shape index (κ1) is 87.6. The van der Waals surface area contributed by atoms with Gasteiger partial charge < -0.3 is 69.8 Å². The molecule has 10 heterocycles. The largest absolute Gasteiger partial charge is 0.476 e. The molecule has 0 bridgehead atoms. The Balaban J connectivity index is -0.000000302. The third-order valence-corrected chi connectivity index (χ3v) is 18.4. The molecule has 10 aromatic rings. The van der Waals surface area contributed by atoms with E-state index in [-0.39, 0.29) is 115 Å². The number of aromatic nitrogens is 8. The molecule has 2 saturated heterocycles. The van der Waals surface area contributed by atoms with Gasteiger partial charge in [0, 0.05) is 116 Å². The summed E-state index contributed by atoms with van der Waals surface area (Å²) < 4.78 is 172. The number of nitrogen functional groups attached to an aromatic ring is 4. The summed E-state index contributed by atoms with van der Waals surface area (Å²) in [5, 5.41) is 19.6. The number of anilines is 7. The number of alkyl halides is 12. The summed E-state index contributed by atoms with van der Waals surface area (Å²) in [6.07, 6.45) is -12.1. The van der Waals surface area contributed by atoms with Crippen molar-refractivity contribution in [3.63, 3.8) is 0 Å². The Hall–Kier alpha value is -12.3. The first-order valence-electron chi connectivity index (χ1n) is 35.8. The highest BCUT2D eigenvalue weighted by molar-refractivity contribution is 6.13. The quantitative estimate of drug-likeness (QED) is 0.0210. The minimum absolute atomic E-state index is 0. The first-order chi connectivity index (χ1) is 55.1. The van der Waals surface area contributed by atoms with Gasteiger partial charge in [0.1, 0.15) is 70.1 Å². The predicted molar refractivity (Wildman–Crippen MR) is 440 cm³/mol. The van der Waals surface area contributed by atoms with Crippen molar-refractivity contribution in [1.82, 2.24) is 45.2 Å². The number of aliphatic hydroxyl groups is 1. The molecule has 2 fully saturated rings. The number of hydrogen-bond acceptors (Lipinski definition) is 25. The molecule has 2 aliphatic rings. The van der Waals surface area contributed by atoms with Gasteiger partial charge in [0.2, 0.25) is 29.0 Å². The van der Waals surface area contributed by atoms with Gasteiger partial charge in [0.15, 0.2) is 0 Å². The van der Waals surface area contributed by atoms with E-state index in [0.29, 0.717) is 57.3 Å². The van der Waals surface area contributed by atoms with Gasteiger partial charge in [-0.2, -0.15) is 52.7 Å². The van der Waals surface area contributed by atoms with Crippen molar-refractivity contribution in [2.45, 2.75) is 88.0 Å². The lowest BCUT2D eigenvalue weighted by molar-refractivity contribution is -0.139. The molecule has 5 atom stereocenters. The fourth-order valence-corrected chi connectivity index (χ4v) is 12.1. The normalized spacial score (nSPS) is 14.9. The number of ketones is 4. The maximum absolute atomic E-state index is 13.5. The average Bonchev–Trinajstić information content (AvgIpc) is 0.795. The molecule has 0 saturated carbocycles. The van der Waals surface area contributed by atoms with Gasteiger partial charge >= 0.3 is 24.7 Å². The molecular weight excluding hydrogens is 1540 g/mol. The number of benzene rings is 2. The van der Waals surface area contributed by atoms with Crippen molar-refractivity contribution in [2.75, 3.05) is 91.0 Å². The lowest BCUT2D eigenvalue weighted by Gasteiger charge is -2.34. The van der Waals surface area contributed by atoms with Crippen LogP contribution in [0.4, 0.5) is 93.4 Å². The third kappa shape index (κ3) is 23.0. The molecule has 16 N–H and O–H groups in total. The Bertz CT molecular complexity index is 5040. The molecule has 8 aromatic heterocycles. The van der Waals surface area contributed by atoms with Crippen LogP contribution in [0.3, 0.4) is 0 Å². The number of carbonyl (C=O) groups is 4. The number of pyridine rings is 8. The predicted octanol–water partition coefficient (Wildman–Crippen LogP) is 15.9. The van der Waals surface area contributed by atoms with Gasteiger partial charge in [-0.25, -0.2) is 39.9 Å². The summed E-state index contributed by atoms with van der Waals surface area (Å²) in [6, 6.07) is 36.4. The minimum atomic E-state index is -4.79. The fraction of sp³-hybridized carbons (Fsp3) is 0.291. The van der Waals surface area contributed by atoms with E-state index in [0.717, 1.165) is 61.2 Å². The van der Waals surface area contributed by atoms with Crippen molar-refractivity contribution < 1.29 is 108 Å². The van der Waals surface area contributed by atoms with Gasteiger partial charge in [-0.3, -0.25) is 19.2 Å². The van der Waals surface area contributed by atoms with Crippen LogP contribution in [0.5, 0.6) is 5.88 Å². The molecular formula is C79H110F12N18O7. The molecule has 25 nitrogen and oxygen atoms in total. The van der Waals surface area contributed by atoms with Crippen LogP contribution in [-0.2, 0) is 29.4 Å². The molecule has 12 rings (SSSR count). The summed E-state index contributed by atoms with van der Waals surface area (Å²) >= 11 is 0. The number of piperazine rings is 1. The van der Waals surface area contributed by atoms with Crippen molar-refractivity contribution in [1.29, 1.82) is 0 Å². The lowest BCUT2D eigenvalue weighted by Crippen LogP contribution is -2.50. The van der Waals surface area contributed by atoms with E-state index in [2.05, 4.69) is 55.8 Å². The topological polar surface area (TPSA) is 406 Å². The molecule has 2 aromatic carbocycles. The van der Waals surface area contributed by atoms with Crippen LogP contribution in [-0.4, -0.2) is 139 Å². The summed E-state index contributed by atoms with van der Waals surface area (Å²) in [5.41, 5.74) is 28.1. The number of aliphatic hydroxyl groups excluding tert-OH is 1. The number of rotatable bonds is 23. The molecule has 116 heavy (non-hydrogen) atoms. The van der Waals surface area contributed by atoms with Crippen LogP contribution < -0.4 is 60.0 Å². The zero-order valence-corrected chi connectivity index (χ0v) is 62.0. The lowest BCUT2D eigenvalue weighted by atomic mass is 9.93. The third-order valence-electron chi connectivity index (χ3n) is 18.4. The van der Waals surface area contributed by atoms with Crippen LogP contribution in [0.1, 0.15) is 164 Å². The SMILES string of the molecule is CC(Nc1ccc(C(F)(F)F)c(C(=O)c2cccnc2N)n1)[C@@H](O)c1ccccc1.CCC1CN(c2ccc(C(F)(F)F)c(C(=O)c3cccnc3N)n2)CCN1.NCC(CNc1ccc(C(F)(F)F)c(C(=O)c2cccnc2N)n1)c1ccccc1.Nc1ncccc1C(=O)c1nc(OCC(N)C2CCOCC2)ccc1C(F)(F)F.[HH].[HH].[HH].[HH].[HH].[HH].[HH].[HH].[HH].[HH].[HH].[HH].[HH].[HH].[HH]. The number of nitrogens with one attached hydrogen (secondary N) is 3.